The van der Waals surface area contributed by atoms with Gasteiger partial charge in [-0.2, -0.15) is 0 Å². The van der Waals surface area contributed by atoms with E-state index in [1.165, 1.54) is 0 Å². The Hall–Kier alpha value is -2.92. The van der Waals surface area contributed by atoms with Crippen LogP contribution in [-0.4, -0.2) is 50.0 Å². The van der Waals surface area contributed by atoms with E-state index in [-0.39, 0.29) is 5.78 Å². The van der Waals surface area contributed by atoms with Crippen LogP contribution in [0.4, 0.5) is 0 Å². The molecule has 5 heteroatoms. The third kappa shape index (κ3) is 4.18. The number of carbonyl (C=O) groups excluding carboxylic acids is 1. The van der Waals surface area contributed by atoms with Gasteiger partial charge >= 0.3 is 0 Å². The van der Waals surface area contributed by atoms with Gasteiger partial charge in [-0.3, -0.25) is 14.7 Å². The zero-order valence-electron chi connectivity index (χ0n) is 15.2. The summed E-state index contributed by atoms with van der Waals surface area (Å²) in [7, 11) is 5.23. The predicted molar refractivity (Wildman–Crippen MR) is 102 cm³/mol. The first-order chi connectivity index (χ1) is 12.6. The van der Waals surface area contributed by atoms with Crippen molar-refractivity contribution >= 4 is 17.9 Å². The average molecular weight is 350 g/mol. The van der Waals surface area contributed by atoms with E-state index in [2.05, 4.69) is 9.88 Å². The number of benzene rings is 1. The summed E-state index contributed by atoms with van der Waals surface area (Å²) in [5.74, 6) is 1.45. The van der Waals surface area contributed by atoms with E-state index >= 15 is 0 Å². The Balaban J connectivity index is 1.95. The normalized spacial score (nSPS) is 18.3. The molecule has 2 heterocycles. The lowest BCUT2D eigenvalue weighted by Gasteiger charge is -2.26. The van der Waals surface area contributed by atoms with Crippen molar-refractivity contribution in [3.05, 3.63) is 65.0 Å². The van der Waals surface area contributed by atoms with E-state index in [4.69, 9.17) is 9.47 Å². The maximum atomic E-state index is 12.9. The molecule has 2 aromatic rings. The molecule has 1 aliphatic rings. The van der Waals surface area contributed by atoms with E-state index in [0.29, 0.717) is 24.6 Å². The van der Waals surface area contributed by atoms with Crippen LogP contribution < -0.4 is 9.47 Å². The molecule has 1 aliphatic heterocycles. The lowest BCUT2D eigenvalue weighted by Crippen LogP contribution is -2.34. The Kier molecular flexibility index (Phi) is 5.49. The molecule has 134 valence electrons. The van der Waals surface area contributed by atoms with Gasteiger partial charge in [-0.1, -0.05) is 6.07 Å². The van der Waals surface area contributed by atoms with Gasteiger partial charge in [0.25, 0.3) is 0 Å². The Morgan fingerprint density at radius 3 is 2.15 bits per heavy atom. The van der Waals surface area contributed by atoms with E-state index < -0.39 is 0 Å². The number of nitrogens with zero attached hydrogens (tertiary/aromatic N) is 2. The van der Waals surface area contributed by atoms with Crippen LogP contribution in [0.2, 0.25) is 0 Å². The molecule has 1 aromatic heterocycles. The van der Waals surface area contributed by atoms with Gasteiger partial charge in [-0.15, -0.1) is 0 Å². The number of methoxy groups -OCH3 is 2. The quantitative estimate of drug-likeness (QED) is 0.793. The summed E-state index contributed by atoms with van der Waals surface area (Å²) >= 11 is 0. The number of Topliss-reactive ketones (excluding diaryl/α,β-unsaturated/α-hetero) is 1. The van der Waals surface area contributed by atoms with Crippen molar-refractivity contribution in [3.63, 3.8) is 0 Å². The molecule has 3 rings (SSSR count). The lowest BCUT2D eigenvalue weighted by molar-refractivity contribution is -0.113. The monoisotopic (exact) mass is 350 g/mol. The summed E-state index contributed by atoms with van der Waals surface area (Å²) in [6, 6.07) is 9.40. The number of piperidine rings is 1. The summed E-state index contributed by atoms with van der Waals surface area (Å²) in [4.78, 5) is 19.2. The highest BCUT2D eigenvalue weighted by Gasteiger charge is 2.24. The first-order valence-corrected chi connectivity index (χ1v) is 8.36. The molecule has 0 saturated carbocycles. The van der Waals surface area contributed by atoms with Crippen molar-refractivity contribution in [2.75, 3.05) is 34.4 Å². The number of hydrogen-bond donors (Lipinski definition) is 0. The first kappa shape index (κ1) is 17.9. The van der Waals surface area contributed by atoms with E-state index in [1.807, 2.05) is 49.5 Å². The van der Waals surface area contributed by atoms with E-state index in [1.54, 1.807) is 26.6 Å². The summed E-state index contributed by atoms with van der Waals surface area (Å²) in [5, 5.41) is 0. The van der Waals surface area contributed by atoms with Crippen LogP contribution in [0.25, 0.3) is 12.2 Å². The summed E-state index contributed by atoms with van der Waals surface area (Å²) in [5.41, 5.74) is 3.30. The highest BCUT2D eigenvalue weighted by Crippen LogP contribution is 2.26. The number of ether oxygens (including phenoxy) is 2. The second-order valence-electron chi connectivity index (χ2n) is 6.27. The molecule has 0 spiro atoms. The maximum absolute atomic E-state index is 12.9. The van der Waals surface area contributed by atoms with Gasteiger partial charge < -0.3 is 9.47 Å². The number of pyridine rings is 1. The highest BCUT2D eigenvalue weighted by molar-refractivity contribution is 6.14. The van der Waals surface area contributed by atoms with Gasteiger partial charge in [0.2, 0.25) is 0 Å². The third-order valence-corrected chi connectivity index (χ3v) is 4.20. The fraction of sp³-hybridized carbons (Fsp3) is 0.238. The van der Waals surface area contributed by atoms with E-state index in [9.17, 15) is 4.79 Å². The van der Waals surface area contributed by atoms with Crippen LogP contribution in [0.5, 0.6) is 11.5 Å². The topological polar surface area (TPSA) is 51.7 Å². The van der Waals surface area contributed by atoms with Crippen LogP contribution in [0.3, 0.4) is 0 Å². The molecule has 1 fully saturated rings. The Morgan fingerprint density at radius 1 is 1.00 bits per heavy atom. The highest BCUT2D eigenvalue weighted by atomic mass is 16.5. The SMILES string of the molecule is COc1cc(/C=C2\CN(C)C/C(=C\c3cccnc3)C2=O)cc(OC)c1. The molecule has 0 N–H and O–H groups in total. The van der Waals surface area contributed by atoms with Crippen LogP contribution >= 0.6 is 0 Å². The van der Waals surface area contributed by atoms with Crippen LogP contribution in [0.1, 0.15) is 11.1 Å². The smallest absolute Gasteiger partial charge is 0.187 e. The second kappa shape index (κ2) is 7.97. The summed E-state index contributed by atoms with van der Waals surface area (Å²) in [6.45, 7) is 1.22. The van der Waals surface area contributed by atoms with Gasteiger partial charge in [0, 0.05) is 42.7 Å². The molecule has 26 heavy (non-hydrogen) atoms. The first-order valence-electron chi connectivity index (χ1n) is 8.36. The largest absolute Gasteiger partial charge is 0.497 e. The zero-order chi connectivity index (χ0) is 18.5. The standard InChI is InChI=1S/C21H22N2O3/c1-23-13-17(7-15-5-4-6-22-12-15)21(24)18(14-23)8-16-9-19(25-2)11-20(10-16)26-3/h4-12H,13-14H2,1-3H3/b17-7+,18-8+. The average Bonchev–Trinajstić information content (AvgIpc) is 2.66. The number of hydrogen-bond acceptors (Lipinski definition) is 5. The van der Waals surface area contributed by atoms with Crippen molar-refractivity contribution in [3.8, 4) is 11.5 Å². The molecule has 0 bridgehead atoms. The zero-order valence-corrected chi connectivity index (χ0v) is 15.2. The minimum atomic E-state index is 0.0636. The molecule has 0 aliphatic carbocycles. The molecule has 0 amide bonds. The Bertz CT molecular complexity index is 835. The van der Waals surface area contributed by atoms with Gasteiger partial charge in [0.15, 0.2) is 5.78 Å². The molecular weight excluding hydrogens is 328 g/mol. The summed E-state index contributed by atoms with van der Waals surface area (Å²) < 4.78 is 10.6. The second-order valence-corrected chi connectivity index (χ2v) is 6.27. The van der Waals surface area contributed by atoms with Crippen LogP contribution in [0.15, 0.2) is 53.9 Å². The number of likely N-dealkylation sites (tertiary alicyclic amines) is 1. The van der Waals surface area contributed by atoms with Crippen LogP contribution in [0, 0.1) is 0 Å². The van der Waals surface area contributed by atoms with Gasteiger partial charge in [-0.05, 0) is 48.5 Å². The number of rotatable bonds is 4. The molecule has 0 radical (unpaired) electrons. The fourth-order valence-corrected chi connectivity index (χ4v) is 2.99. The number of carbonyl (C=O) groups is 1. The fourth-order valence-electron chi connectivity index (χ4n) is 2.99. The third-order valence-electron chi connectivity index (χ3n) is 4.20. The predicted octanol–water partition coefficient (Wildman–Crippen LogP) is 3.08. The van der Waals surface area contributed by atoms with Crippen molar-refractivity contribution < 1.29 is 14.3 Å². The molecular formula is C21H22N2O3. The van der Waals surface area contributed by atoms with Crippen molar-refractivity contribution in [1.82, 2.24) is 9.88 Å². The maximum Gasteiger partial charge on any atom is 0.187 e. The minimum absolute atomic E-state index is 0.0636. The number of likely N-dealkylation sites (N-methyl/N-ethyl adjacent to an activating group) is 1. The van der Waals surface area contributed by atoms with Gasteiger partial charge in [-0.25, -0.2) is 0 Å². The van der Waals surface area contributed by atoms with Crippen LogP contribution in [-0.2, 0) is 4.79 Å². The van der Waals surface area contributed by atoms with Crippen molar-refractivity contribution in [2.24, 2.45) is 0 Å². The lowest BCUT2D eigenvalue weighted by atomic mass is 9.95. The molecule has 0 unspecified atom stereocenters. The number of aromatic nitrogens is 1. The minimum Gasteiger partial charge on any atom is -0.497 e. The van der Waals surface area contributed by atoms with E-state index in [0.717, 1.165) is 22.3 Å². The Morgan fingerprint density at radius 2 is 1.62 bits per heavy atom. The Labute approximate surface area is 153 Å². The molecule has 1 saturated heterocycles. The molecule has 1 aromatic carbocycles. The van der Waals surface area contributed by atoms with Crippen molar-refractivity contribution in [2.45, 2.75) is 0 Å². The van der Waals surface area contributed by atoms with Gasteiger partial charge in [0.1, 0.15) is 11.5 Å². The van der Waals surface area contributed by atoms with Gasteiger partial charge in [0.05, 0.1) is 14.2 Å². The molecule has 0 atom stereocenters. The summed E-state index contributed by atoms with van der Waals surface area (Å²) in [6.07, 6.45) is 7.29. The van der Waals surface area contributed by atoms with Crippen molar-refractivity contribution in [1.29, 1.82) is 0 Å². The number of ketones is 1. The molecule has 5 nitrogen and oxygen atoms in total.